The van der Waals surface area contributed by atoms with Crippen molar-refractivity contribution in [1.29, 1.82) is 0 Å². The molecule has 0 aliphatic carbocycles. The van der Waals surface area contributed by atoms with Crippen LogP contribution >= 0.6 is 0 Å². The number of hydrogen-bond donors (Lipinski definition) is 1. The molecule has 1 aromatic rings. The van der Waals surface area contributed by atoms with Crippen LogP contribution in [0.15, 0.2) is 29.4 Å². The number of likely N-dealkylation sites (tertiary alicyclic amines) is 1. The van der Waals surface area contributed by atoms with Gasteiger partial charge in [0.25, 0.3) is 0 Å². The van der Waals surface area contributed by atoms with Gasteiger partial charge in [-0.2, -0.15) is 5.10 Å². The lowest BCUT2D eigenvalue weighted by atomic mass is 9.86. The number of hydrogen-bond acceptors (Lipinski definition) is 4. The van der Waals surface area contributed by atoms with E-state index in [0.717, 1.165) is 38.4 Å². The summed E-state index contributed by atoms with van der Waals surface area (Å²) in [5.74, 6) is 2.01. The second-order valence-electron chi connectivity index (χ2n) is 6.73. The zero-order valence-electron chi connectivity index (χ0n) is 13.9. The predicted molar refractivity (Wildman–Crippen MR) is 90.3 cm³/mol. The van der Waals surface area contributed by atoms with Gasteiger partial charge < -0.3 is 15.1 Å². The van der Waals surface area contributed by atoms with Gasteiger partial charge in [0.15, 0.2) is 0 Å². The van der Waals surface area contributed by atoms with Crippen LogP contribution in [0.1, 0.15) is 38.8 Å². The Kier molecular flexibility index (Phi) is 4.67. The van der Waals surface area contributed by atoms with E-state index >= 15 is 0 Å². The SMILES string of the molecule is CCN1CCC2=NNC(c3ccc(OCC(C)C)cc3)C2C1. The first kappa shape index (κ1) is 15.3. The minimum Gasteiger partial charge on any atom is -0.493 e. The third-order valence-electron chi connectivity index (χ3n) is 4.59. The molecule has 1 aromatic carbocycles. The van der Waals surface area contributed by atoms with Gasteiger partial charge in [-0.05, 0) is 30.2 Å². The monoisotopic (exact) mass is 301 g/mol. The summed E-state index contributed by atoms with van der Waals surface area (Å²) in [4.78, 5) is 2.52. The van der Waals surface area contributed by atoms with Gasteiger partial charge in [0.1, 0.15) is 5.75 Å². The average Bonchev–Trinajstić information content (AvgIpc) is 2.96. The lowest BCUT2D eigenvalue weighted by Crippen LogP contribution is -2.41. The van der Waals surface area contributed by atoms with Crippen molar-refractivity contribution in [3.63, 3.8) is 0 Å². The van der Waals surface area contributed by atoms with Gasteiger partial charge in [-0.3, -0.25) is 0 Å². The van der Waals surface area contributed by atoms with Crippen LogP contribution in [0.4, 0.5) is 0 Å². The number of fused-ring (bicyclic) bond motifs is 1. The van der Waals surface area contributed by atoms with Crippen molar-refractivity contribution in [3.05, 3.63) is 29.8 Å². The molecule has 1 N–H and O–H groups in total. The van der Waals surface area contributed by atoms with E-state index < -0.39 is 0 Å². The number of piperidine rings is 1. The molecule has 2 unspecified atom stereocenters. The smallest absolute Gasteiger partial charge is 0.119 e. The predicted octanol–water partition coefficient (Wildman–Crippen LogP) is 3.06. The van der Waals surface area contributed by atoms with Crippen LogP contribution in [-0.4, -0.2) is 36.9 Å². The molecule has 4 heteroatoms. The highest BCUT2D eigenvalue weighted by Gasteiger charge is 2.36. The van der Waals surface area contributed by atoms with Gasteiger partial charge in [0.05, 0.1) is 12.6 Å². The summed E-state index contributed by atoms with van der Waals surface area (Å²) in [5.41, 5.74) is 6.00. The summed E-state index contributed by atoms with van der Waals surface area (Å²) in [5, 5.41) is 4.57. The van der Waals surface area contributed by atoms with E-state index in [-0.39, 0.29) is 0 Å². The maximum atomic E-state index is 5.77. The third kappa shape index (κ3) is 3.27. The van der Waals surface area contributed by atoms with Crippen molar-refractivity contribution >= 4 is 5.71 Å². The number of nitrogens with zero attached hydrogens (tertiary/aromatic N) is 2. The molecule has 1 fully saturated rings. The normalized spacial score (nSPS) is 24.8. The minimum atomic E-state index is 0.309. The number of nitrogens with one attached hydrogen (secondary N) is 1. The van der Waals surface area contributed by atoms with Gasteiger partial charge in [-0.25, -0.2) is 0 Å². The Bertz CT molecular complexity index is 524. The van der Waals surface area contributed by atoms with Crippen LogP contribution in [0.25, 0.3) is 0 Å². The maximum absolute atomic E-state index is 5.77. The van der Waals surface area contributed by atoms with Crippen molar-refractivity contribution in [2.24, 2.45) is 16.9 Å². The second-order valence-corrected chi connectivity index (χ2v) is 6.73. The van der Waals surface area contributed by atoms with Gasteiger partial charge in [-0.15, -0.1) is 0 Å². The Morgan fingerprint density at radius 1 is 1.32 bits per heavy atom. The van der Waals surface area contributed by atoms with E-state index in [9.17, 15) is 0 Å². The van der Waals surface area contributed by atoms with Crippen LogP contribution in [0.2, 0.25) is 0 Å². The van der Waals surface area contributed by atoms with Crippen molar-refractivity contribution in [1.82, 2.24) is 10.3 Å². The molecule has 0 spiro atoms. The van der Waals surface area contributed by atoms with Gasteiger partial charge in [0.2, 0.25) is 0 Å². The summed E-state index contributed by atoms with van der Waals surface area (Å²) in [6, 6.07) is 8.83. The zero-order valence-corrected chi connectivity index (χ0v) is 13.9. The lowest BCUT2D eigenvalue weighted by molar-refractivity contribution is 0.238. The maximum Gasteiger partial charge on any atom is 0.119 e. The molecule has 4 nitrogen and oxygen atoms in total. The topological polar surface area (TPSA) is 36.9 Å². The molecule has 22 heavy (non-hydrogen) atoms. The van der Waals surface area contributed by atoms with E-state index in [4.69, 9.17) is 4.74 Å². The average molecular weight is 301 g/mol. The molecule has 0 saturated carbocycles. The number of rotatable bonds is 5. The highest BCUT2D eigenvalue weighted by Crippen LogP contribution is 2.33. The van der Waals surface area contributed by atoms with Crippen LogP contribution < -0.4 is 10.2 Å². The highest BCUT2D eigenvalue weighted by atomic mass is 16.5. The molecular formula is C18H27N3O. The lowest BCUT2D eigenvalue weighted by Gasteiger charge is -2.32. The Labute approximate surface area is 133 Å². The summed E-state index contributed by atoms with van der Waals surface area (Å²) in [7, 11) is 0. The molecule has 2 heterocycles. The van der Waals surface area contributed by atoms with Crippen molar-refractivity contribution in [2.45, 2.75) is 33.2 Å². The Hall–Kier alpha value is -1.55. The Balaban J connectivity index is 1.66. The summed E-state index contributed by atoms with van der Waals surface area (Å²) < 4.78 is 5.77. The molecular weight excluding hydrogens is 274 g/mol. The highest BCUT2D eigenvalue weighted by molar-refractivity contribution is 5.89. The van der Waals surface area contributed by atoms with E-state index in [2.05, 4.69) is 60.5 Å². The third-order valence-corrected chi connectivity index (χ3v) is 4.59. The van der Waals surface area contributed by atoms with Crippen molar-refractivity contribution in [2.75, 3.05) is 26.2 Å². The first-order valence-electron chi connectivity index (χ1n) is 8.44. The van der Waals surface area contributed by atoms with E-state index in [1.54, 1.807) is 0 Å². The fraction of sp³-hybridized carbons (Fsp3) is 0.611. The van der Waals surface area contributed by atoms with Crippen LogP contribution in [0.3, 0.4) is 0 Å². The van der Waals surface area contributed by atoms with Crippen LogP contribution in [-0.2, 0) is 0 Å². The van der Waals surface area contributed by atoms with Gasteiger partial charge in [-0.1, -0.05) is 32.9 Å². The molecule has 0 amide bonds. The van der Waals surface area contributed by atoms with Crippen molar-refractivity contribution in [3.8, 4) is 5.75 Å². The fourth-order valence-electron chi connectivity index (χ4n) is 3.24. The second kappa shape index (κ2) is 6.69. The molecule has 1 saturated heterocycles. The largest absolute Gasteiger partial charge is 0.493 e. The summed E-state index contributed by atoms with van der Waals surface area (Å²) in [6.07, 6.45) is 1.09. The van der Waals surface area contributed by atoms with Crippen LogP contribution in [0.5, 0.6) is 5.75 Å². The Morgan fingerprint density at radius 3 is 2.77 bits per heavy atom. The van der Waals surface area contributed by atoms with Crippen molar-refractivity contribution < 1.29 is 4.74 Å². The molecule has 0 bridgehead atoms. The van der Waals surface area contributed by atoms with Gasteiger partial charge in [0, 0.05) is 31.1 Å². The van der Waals surface area contributed by atoms with E-state index in [1.165, 1.54) is 11.3 Å². The molecule has 120 valence electrons. The molecule has 3 rings (SSSR count). The molecule has 2 aliphatic heterocycles. The molecule has 0 aromatic heterocycles. The first-order valence-corrected chi connectivity index (χ1v) is 8.44. The molecule has 2 atom stereocenters. The number of hydrazone groups is 1. The summed E-state index contributed by atoms with van der Waals surface area (Å²) >= 11 is 0. The number of benzene rings is 1. The quantitative estimate of drug-likeness (QED) is 0.908. The fourth-order valence-corrected chi connectivity index (χ4v) is 3.24. The standard InChI is InChI=1S/C18H27N3O/c1-4-21-10-9-17-16(11-21)18(20-19-17)14-5-7-15(8-6-14)22-12-13(2)3/h5-8,13,16,18,20H,4,9-12H2,1-3H3. The Morgan fingerprint density at radius 2 is 2.09 bits per heavy atom. The molecule has 2 aliphatic rings. The van der Waals surface area contributed by atoms with E-state index in [1.807, 2.05) is 0 Å². The first-order chi connectivity index (χ1) is 10.7. The summed E-state index contributed by atoms with van der Waals surface area (Å²) in [6.45, 7) is 10.7. The molecule has 0 radical (unpaired) electrons. The minimum absolute atomic E-state index is 0.309. The zero-order chi connectivity index (χ0) is 15.5. The van der Waals surface area contributed by atoms with Crippen LogP contribution in [0, 0.1) is 11.8 Å². The van der Waals surface area contributed by atoms with Gasteiger partial charge >= 0.3 is 0 Å². The number of ether oxygens (including phenoxy) is 1. The van der Waals surface area contributed by atoms with E-state index in [0.29, 0.717) is 17.9 Å².